The smallest absolute Gasteiger partial charge is 0.407 e. The second-order valence-corrected chi connectivity index (χ2v) is 6.15. The summed E-state index contributed by atoms with van der Waals surface area (Å²) in [4.78, 5) is 12.1. The number of alkyl carbamates (subject to hydrolysis) is 1. The number of nitrogens with one attached hydrogen (secondary N) is 1. The van der Waals surface area contributed by atoms with Gasteiger partial charge in [0.2, 0.25) is 0 Å². The van der Waals surface area contributed by atoms with Gasteiger partial charge in [-0.25, -0.2) is 4.79 Å². The van der Waals surface area contributed by atoms with Crippen LogP contribution in [0.1, 0.15) is 30.4 Å². The lowest BCUT2D eigenvalue weighted by molar-refractivity contribution is 0.132. The van der Waals surface area contributed by atoms with Gasteiger partial charge in [-0.1, -0.05) is 60.7 Å². The van der Waals surface area contributed by atoms with Crippen LogP contribution in [0.4, 0.5) is 4.79 Å². The van der Waals surface area contributed by atoms with Crippen LogP contribution in [0, 0.1) is 0 Å². The quantitative estimate of drug-likeness (QED) is 0.787. The topological polar surface area (TPSA) is 58.6 Å². The van der Waals surface area contributed by atoms with E-state index in [1.165, 1.54) is 22.3 Å². The SMILES string of the molecule is C/C=C/CC(CO)NC(=O)OCC1c2ccccc2-c2ccccc21. The third-order valence-corrected chi connectivity index (χ3v) is 4.54. The van der Waals surface area contributed by atoms with Gasteiger partial charge in [0.1, 0.15) is 6.61 Å². The number of fused-ring (bicyclic) bond motifs is 3. The van der Waals surface area contributed by atoms with Gasteiger partial charge in [-0.05, 0) is 35.6 Å². The normalized spacial score (nSPS) is 14.2. The van der Waals surface area contributed by atoms with Crippen molar-refractivity contribution < 1.29 is 14.6 Å². The molecule has 1 atom stereocenters. The van der Waals surface area contributed by atoms with Crippen LogP contribution in [0.15, 0.2) is 60.7 Å². The van der Waals surface area contributed by atoms with Crippen LogP contribution in [-0.4, -0.2) is 30.5 Å². The lowest BCUT2D eigenvalue weighted by atomic mass is 9.98. The Hall–Kier alpha value is -2.59. The van der Waals surface area contributed by atoms with Crippen molar-refractivity contribution in [2.45, 2.75) is 25.3 Å². The fourth-order valence-corrected chi connectivity index (χ4v) is 3.29. The van der Waals surface area contributed by atoms with Crippen molar-refractivity contribution in [3.05, 3.63) is 71.8 Å². The van der Waals surface area contributed by atoms with Gasteiger partial charge in [-0.3, -0.25) is 0 Å². The van der Waals surface area contributed by atoms with E-state index in [-0.39, 0.29) is 25.2 Å². The first-order valence-electron chi connectivity index (χ1n) is 8.58. The fourth-order valence-electron chi connectivity index (χ4n) is 3.29. The van der Waals surface area contributed by atoms with Gasteiger partial charge in [0, 0.05) is 5.92 Å². The van der Waals surface area contributed by atoms with Crippen LogP contribution in [0.25, 0.3) is 11.1 Å². The summed E-state index contributed by atoms with van der Waals surface area (Å²) in [5, 5.41) is 12.0. The molecule has 0 heterocycles. The predicted molar refractivity (Wildman–Crippen MR) is 98.5 cm³/mol. The van der Waals surface area contributed by atoms with Crippen LogP contribution in [-0.2, 0) is 4.74 Å². The largest absolute Gasteiger partial charge is 0.449 e. The summed E-state index contributed by atoms with van der Waals surface area (Å²) in [5.74, 6) is 0.0428. The van der Waals surface area contributed by atoms with Gasteiger partial charge in [-0.15, -0.1) is 0 Å². The molecule has 0 aromatic heterocycles. The Labute approximate surface area is 148 Å². The molecule has 4 heteroatoms. The first kappa shape index (κ1) is 17.2. The van der Waals surface area contributed by atoms with E-state index in [9.17, 15) is 9.90 Å². The third kappa shape index (κ3) is 3.74. The molecule has 0 fully saturated rings. The van der Waals surface area contributed by atoms with Crippen molar-refractivity contribution >= 4 is 6.09 Å². The molecule has 130 valence electrons. The molecule has 0 saturated carbocycles. The summed E-state index contributed by atoms with van der Waals surface area (Å²) in [5.41, 5.74) is 4.77. The number of aliphatic hydroxyl groups is 1. The highest BCUT2D eigenvalue weighted by Crippen LogP contribution is 2.44. The standard InChI is InChI=1S/C21H23NO3/c1-2-3-8-15(13-23)22-21(24)25-14-20-18-11-6-4-9-16(18)17-10-5-7-12-19(17)20/h2-7,9-12,15,20,23H,8,13-14H2,1H3,(H,22,24)/b3-2+. The van der Waals surface area contributed by atoms with Gasteiger partial charge in [-0.2, -0.15) is 0 Å². The maximum absolute atomic E-state index is 12.1. The minimum absolute atomic E-state index is 0.0428. The summed E-state index contributed by atoms with van der Waals surface area (Å²) < 4.78 is 5.47. The van der Waals surface area contributed by atoms with E-state index in [1.54, 1.807) is 0 Å². The van der Waals surface area contributed by atoms with E-state index in [2.05, 4.69) is 29.6 Å². The number of allylic oxidation sites excluding steroid dienone is 1. The van der Waals surface area contributed by atoms with Crippen molar-refractivity contribution in [3.8, 4) is 11.1 Å². The van der Waals surface area contributed by atoms with Gasteiger partial charge >= 0.3 is 6.09 Å². The number of carbonyl (C=O) groups is 1. The molecule has 1 amide bonds. The lowest BCUT2D eigenvalue weighted by Crippen LogP contribution is -2.38. The van der Waals surface area contributed by atoms with Crippen molar-refractivity contribution in [1.82, 2.24) is 5.32 Å². The summed E-state index contributed by atoms with van der Waals surface area (Å²) in [6, 6.07) is 16.1. The monoisotopic (exact) mass is 337 g/mol. The third-order valence-electron chi connectivity index (χ3n) is 4.54. The van der Waals surface area contributed by atoms with E-state index in [4.69, 9.17) is 4.74 Å². The van der Waals surface area contributed by atoms with E-state index < -0.39 is 6.09 Å². The molecule has 1 unspecified atom stereocenters. The number of carbonyl (C=O) groups excluding carboxylic acids is 1. The Morgan fingerprint density at radius 2 is 1.76 bits per heavy atom. The summed E-state index contributed by atoms with van der Waals surface area (Å²) in [6.07, 6.45) is 3.88. The molecule has 2 N–H and O–H groups in total. The van der Waals surface area contributed by atoms with Gasteiger partial charge in [0.15, 0.2) is 0 Å². The maximum Gasteiger partial charge on any atom is 0.407 e. The zero-order chi connectivity index (χ0) is 17.6. The molecule has 4 nitrogen and oxygen atoms in total. The maximum atomic E-state index is 12.1. The zero-order valence-corrected chi connectivity index (χ0v) is 14.3. The minimum atomic E-state index is -0.495. The van der Waals surface area contributed by atoms with Crippen LogP contribution in [0.3, 0.4) is 0 Å². The minimum Gasteiger partial charge on any atom is -0.449 e. The van der Waals surface area contributed by atoms with E-state index in [1.807, 2.05) is 43.3 Å². The molecule has 0 saturated heterocycles. The molecule has 0 spiro atoms. The second kappa shape index (κ2) is 7.99. The van der Waals surface area contributed by atoms with Crippen LogP contribution < -0.4 is 5.32 Å². The van der Waals surface area contributed by atoms with Crippen molar-refractivity contribution in [2.75, 3.05) is 13.2 Å². The summed E-state index contributed by atoms with van der Waals surface area (Å²) in [6.45, 7) is 2.07. The molecule has 3 rings (SSSR count). The molecule has 0 radical (unpaired) electrons. The average Bonchev–Trinajstić information content (AvgIpc) is 2.97. The van der Waals surface area contributed by atoms with Crippen LogP contribution >= 0.6 is 0 Å². The van der Waals surface area contributed by atoms with Gasteiger partial charge in [0.25, 0.3) is 0 Å². The van der Waals surface area contributed by atoms with Gasteiger partial charge in [0.05, 0.1) is 12.6 Å². The average molecular weight is 337 g/mol. The molecular formula is C21H23NO3. The van der Waals surface area contributed by atoms with E-state index in [0.29, 0.717) is 6.42 Å². The Balaban J connectivity index is 1.68. The predicted octanol–water partition coefficient (Wildman–Crippen LogP) is 3.85. The van der Waals surface area contributed by atoms with Gasteiger partial charge < -0.3 is 15.2 Å². The summed E-state index contributed by atoms with van der Waals surface area (Å²) >= 11 is 0. The lowest BCUT2D eigenvalue weighted by Gasteiger charge is -2.17. The molecule has 1 aliphatic rings. The highest BCUT2D eigenvalue weighted by molar-refractivity contribution is 5.79. The first-order chi connectivity index (χ1) is 12.2. The van der Waals surface area contributed by atoms with E-state index >= 15 is 0 Å². The molecule has 0 bridgehead atoms. The van der Waals surface area contributed by atoms with Crippen LogP contribution in [0.2, 0.25) is 0 Å². The Morgan fingerprint density at radius 1 is 1.16 bits per heavy atom. The number of hydrogen-bond donors (Lipinski definition) is 2. The van der Waals surface area contributed by atoms with Crippen molar-refractivity contribution in [3.63, 3.8) is 0 Å². The molecule has 2 aromatic carbocycles. The molecular weight excluding hydrogens is 314 g/mol. The first-order valence-corrected chi connectivity index (χ1v) is 8.58. The van der Waals surface area contributed by atoms with Crippen molar-refractivity contribution in [2.24, 2.45) is 0 Å². The fraction of sp³-hybridized carbons (Fsp3) is 0.286. The Bertz CT molecular complexity index is 724. The second-order valence-electron chi connectivity index (χ2n) is 6.15. The number of amides is 1. The molecule has 25 heavy (non-hydrogen) atoms. The number of aliphatic hydroxyl groups excluding tert-OH is 1. The highest BCUT2D eigenvalue weighted by atomic mass is 16.5. The zero-order valence-electron chi connectivity index (χ0n) is 14.3. The summed E-state index contributed by atoms with van der Waals surface area (Å²) in [7, 11) is 0. The highest BCUT2D eigenvalue weighted by Gasteiger charge is 2.29. The number of rotatable bonds is 6. The Morgan fingerprint density at radius 3 is 2.32 bits per heavy atom. The molecule has 1 aliphatic carbocycles. The number of hydrogen-bond acceptors (Lipinski definition) is 3. The number of ether oxygens (including phenoxy) is 1. The molecule has 2 aromatic rings. The van der Waals surface area contributed by atoms with Crippen LogP contribution in [0.5, 0.6) is 0 Å². The number of benzene rings is 2. The Kier molecular flexibility index (Phi) is 5.51. The van der Waals surface area contributed by atoms with Crippen molar-refractivity contribution in [1.29, 1.82) is 0 Å². The van der Waals surface area contributed by atoms with E-state index in [0.717, 1.165) is 0 Å². The molecule has 0 aliphatic heterocycles.